The summed E-state index contributed by atoms with van der Waals surface area (Å²) in [4.78, 5) is 12.1. The lowest BCUT2D eigenvalue weighted by atomic mass is 10.0. The average molecular weight is 299 g/mol. The van der Waals surface area contributed by atoms with Crippen LogP contribution in [0.3, 0.4) is 0 Å². The summed E-state index contributed by atoms with van der Waals surface area (Å²) >= 11 is 0. The van der Waals surface area contributed by atoms with Crippen molar-refractivity contribution in [3.05, 3.63) is 90.0 Å². The van der Waals surface area contributed by atoms with Gasteiger partial charge in [-0.05, 0) is 47.5 Å². The van der Waals surface area contributed by atoms with Crippen LogP contribution in [0.2, 0.25) is 0 Å². The number of hydrogen-bond acceptors (Lipinski definition) is 3. The lowest BCUT2D eigenvalue weighted by molar-refractivity contribution is 0.0735. The second kappa shape index (κ2) is 6.59. The first-order valence-electron chi connectivity index (χ1n) is 7.14. The van der Waals surface area contributed by atoms with Gasteiger partial charge in [0.15, 0.2) is 0 Å². The van der Waals surface area contributed by atoms with Gasteiger partial charge in [0, 0.05) is 0 Å². The minimum atomic E-state index is -0.422. The van der Waals surface area contributed by atoms with Gasteiger partial charge in [-0.25, -0.2) is 4.79 Å². The third kappa shape index (κ3) is 3.45. The van der Waals surface area contributed by atoms with Crippen molar-refractivity contribution >= 4 is 5.97 Å². The van der Waals surface area contributed by atoms with Crippen LogP contribution in [0.1, 0.15) is 15.9 Å². The maximum Gasteiger partial charge on any atom is 0.343 e. The van der Waals surface area contributed by atoms with Crippen LogP contribution in [0.25, 0.3) is 11.1 Å². The molecule has 0 N–H and O–H groups in total. The van der Waals surface area contributed by atoms with Crippen LogP contribution in [0.15, 0.2) is 78.9 Å². The normalized spacial score (nSPS) is 9.87. The molecule has 0 fully saturated rings. The summed E-state index contributed by atoms with van der Waals surface area (Å²) in [7, 11) is 0. The summed E-state index contributed by atoms with van der Waals surface area (Å²) < 4.78 is 5.30. The van der Waals surface area contributed by atoms with Gasteiger partial charge < -0.3 is 4.74 Å². The molecule has 3 aromatic rings. The second-order valence-corrected chi connectivity index (χ2v) is 4.97. The van der Waals surface area contributed by atoms with E-state index in [1.54, 1.807) is 36.4 Å². The molecule has 0 heterocycles. The van der Waals surface area contributed by atoms with E-state index in [1.807, 2.05) is 48.5 Å². The molecule has 0 aliphatic rings. The average Bonchev–Trinajstić information content (AvgIpc) is 2.63. The molecule has 3 rings (SSSR count). The van der Waals surface area contributed by atoms with Crippen LogP contribution < -0.4 is 4.74 Å². The molecule has 0 aromatic heterocycles. The van der Waals surface area contributed by atoms with E-state index in [2.05, 4.69) is 0 Å². The SMILES string of the molecule is N#Cc1ccc(OC(=O)c2ccc(-c3ccccc3)cc2)cc1. The Balaban J connectivity index is 1.74. The highest BCUT2D eigenvalue weighted by Gasteiger charge is 2.09. The van der Waals surface area contributed by atoms with Crippen LogP contribution in [-0.2, 0) is 0 Å². The zero-order valence-corrected chi connectivity index (χ0v) is 12.3. The van der Waals surface area contributed by atoms with Crippen molar-refractivity contribution in [1.29, 1.82) is 5.26 Å². The number of rotatable bonds is 3. The van der Waals surface area contributed by atoms with Gasteiger partial charge in [0.2, 0.25) is 0 Å². The highest BCUT2D eigenvalue weighted by Crippen LogP contribution is 2.20. The molecule has 0 bridgehead atoms. The molecule has 0 spiro atoms. The molecule has 0 atom stereocenters. The number of carbonyl (C=O) groups excluding carboxylic acids is 1. The molecule has 0 unspecified atom stereocenters. The van der Waals surface area contributed by atoms with E-state index in [0.29, 0.717) is 16.9 Å². The maximum absolute atomic E-state index is 12.1. The van der Waals surface area contributed by atoms with Crippen molar-refractivity contribution in [2.75, 3.05) is 0 Å². The predicted molar refractivity (Wildman–Crippen MR) is 88.0 cm³/mol. The monoisotopic (exact) mass is 299 g/mol. The summed E-state index contributed by atoms with van der Waals surface area (Å²) in [6, 6.07) is 25.7. The van der Waals surface area contributed by atoms with E-state index in [0.717, 1.165) is 11.1 Å². The standard InChI is InChI=1S/C20H13NO2/c21-14-15-6-12-19(13-7-15)23-20(22)18-10-8-17(9-11-18)16-4-2-1-3-5-16/h1-13H. The molecule has 3 aromatic carbocycles. The molecule has 0 radical (unpaired) electrons. The molecule has 0 amide bonds. The summed E-state index contributed by atoms with van der Waals surface area (Å²) in [6.45, 7) is 0. The fraction of sp³-hybridized carbons (Fsp3) is 0. The summed E-state index contributed by atoms with van der Waals surface area (Å²) in [5, 5.41) is 8.75. The van der Waals surface area contributed by atoms with Crippen molar-refractivity contribution in [1.82, 2.24) is 0 Å². The quantitative estimate of drug-likeness (QED) is 0.530. The van der Waals surface area contributed by atoms with Crippen molar-refractivity contribution in [3.8, 4) is 22.9 Å². The Kier molecular flexibility index (Phi) is 4.17. The molecule has 0 aliphatic carbocycles. The number of hydrogen-bond donors (Lipinski definition) is 0. The highest BCUT2D eigenvalue weighted by atomic mass is 16.5. The Hall–Kier alpha value is -3.38. The molecule has 0 aliphatic heterocycles. The largest absolute Gasteiger partial charge is 0.423 e. The minimum Gasteiger partial charge on any atom is -0.423 e. The molecule has 0 saturated carbocycles. The van der Waals surface area contributed by atoms with Gasteiger partial charge in [-0.3, -0.25) is 0 Å². The second-order valence-electron chi connectivity index (χ2n) is 4.97. The number of carbonyl (C=O) groups is 1. The fourth-order valence-electron chi connectivity index (χ4n) is 2.19. The first-order chi connectivity index (χ1) is 11.3. The molecule has 23 heavy (non-hydrogen) atoms. The van der Waals surface area contributed by atoms with E-state index < -0.39 is 5.97 Å². The van der Waals surface area contributed by atoms with Gasteiger partial charge in [0.05, 0.1) is 17.2 Å². The van der Waals surface area contributed by atoms with Gasteiger partial charge in [-0.1, -0.05) is 42.5 Å². The smallest absolute Gasteiger partial charge is 0.343 e. The third-order valence-electron chi connectivity index (χ3n) is 3.42. The zero-order valence-electron chi connectivity index (χ0n) is 12.3. The fourth-order valence-corrected chi connectivity index (χ4v) is 2.19. The molecular formula is C20H13NO2. The van der Waals surface area contributed by atoms with Crippen molar-refractivity contribution in [2.24, 2.45) is 0 Å². The Morgan fingerprint density at radius 2 is 1.39 bits per heavy atom. The van der Waals surface area contributed by atoms with E-state index in [9.17, 15) is 4.79 Å². The Labute approximate surface area is 134 Å². The first-order valence-corrected chi connectivity index (χ1v) is 7.14. The number of benzene rings is 3. The summed E-state index contributed by atoms with van der Waals surface area (Å²) in [6.07, 6.45) is 0. The Morgan fingerprint density at radius 1 is 0.783 bits per heavy atom. The Morgan fingerprint density at radius 3 is 2.00 bits per heavy atom. The zero-order chi connectivity index (χ0) is 16.1. The van der Waals surface area contributed by atoms with Crippen LogP contribution >= 0.6 is 0 Å². The predicted octanol–water partition coefficient (Wildman–Crippen LogP) is 4.44. The van der Waals surface area contributed by atoms with Crippen molar-refractivity contribution in [3.63, 3.8) is 0 Å². The molecular weight excluding hydrogens is 286 g/mol. The third-order valence-corrected chi connectivity index (χ3v) is 3.42. The van der Waals surface area contributed by atoms with Gasteiger partial charge in [0.1, 0.15) is 5.75 Å². The van der Waals surface area contributed by atoms with E-state index in [-0.39, 0.29) is 0 Å². The van der Waals surface area contributed by atoms with Gasteiger partial charge in [-0.2, -0.15) is 5.26 Å². The minimum absolute atomic E-state index is 0.418. The highest BCUT2D eigenvalue weighted by molar-refractivity contribution is 5.91. The molecule has 3 heteroatoms. The lowest BCUT2D eigenvalue weighted by Gasteiger charge is -2.06. The van der Waals surface area contributed by atoms with E-state index in [4.69, 9.17) is 10.00 Å². The Bertz CT molecular complexity index is 845. The van der Waals surface area contributed by atoms with Crippen LogP contribution in [0, 0.1) is 11.3 Å². The topological polar surface area (TPSA) is 50.1 Å². The van der Waals surface area contributed by atoms with Crippen LogP contribution in [0.5, 0.6) is 5.75 Å². The maximum atomic E-state index is 12.1. The molecule has 110 valence electrons. The summed E-state index contributed by atoms with van der Waals surface area (Å²) in [5.41, 5.74) is 3.14. The van der Waals surface area contributed by atoms with Gasteiger partial charge in [0.25, 0.3) is 0 Å². The lowest BCUT2D eigenvalue weighted by Crippen LogP contribution is -2.08. The van der Waals surface area contributed by atoms with Crippen LogP contribution in [0.4, 0.5) is 0 Å². The van der Waals surface area contributed by atoms with Crippen molar-refractivity contribution in [2.45, 2.75) is 0 Å². The number of nitriles is 1. The van der Waals surface area contributed by atoms with Crippen molar-refractivity contribution < 1.29 is 9.53 Å². The summed E-state index contributed by atoms with van der Waals surface area (Å²) in [5.74, 6) is -0.00421. The van der Waals surface area contributed by atoms with Gasteiger partial charge in [-0.15, -0.1) is 0 Å². The molecule has 0 saturated heterocycles. The van der Waals surface area contributed by atoms with Crippen LogP contribution in [-0.4, -0.2) is 5.97 Å². The van der Waals surface area contributed by atoms with Gasteiger partial charge >= 0.3 is 5.97 Å². The number of ether oxygens (including phenoxy) is 1. The first kappa shape index (κ1) is 14.6. The van der Waals surface area contributed by atoms with E-state index in [1.165, 1.54) is 0 Å². The molecule has 3 nitrogen and oxygen atoms in total. The van der Waals surface area contributed by atoms with E-state index >= 15 is 0 Å². The number of esters is 1. The number of nitrogens with zero attached hydrogens (tertiary/aromatic N) is 1.